The number of likely N-dealkylation sites (N-methyl/N-ethyl adjacent to an activating group) is 1. The molecule has 2 aliphatic carbocycles. The van der Waals surface area contributed by atoms with E-state index in [2.05, 4.69) is 64.8 Å². The lowest BCUT2D eigenvalue weighted by Gasteiger charge is -2.38. The molecule has 1 aliphatic heterocycles. The van der Waals surface area contributed by atoms with Gasteiger partial charge in [0.1, 0.15) is 13.3 Å². The summed E-state index contributed by atoms with van der Waals surface area (Å²) in [6, 6.07) is 2.01. The molecule has 0 amide bonds. The number of rotatable bonds is 10. The molecule has 1 heterocycles. The number of alkyl halides is 2. The second-order valence-corrected chi connectivity index (χ2v) is 9.90. The van der Waals surface area contributed by atoms with Crippen molar-refractivity contribution in [3.05, 3.63) is 57.8 Å². The highest BCUT2D eigenvalue weighted by Crippen LogP contribution is 2.34. The van der Waals surface area contributed by atoms with Crippen molar-refractivity contribution in [2.45, 2.75) is 58.0 Å². The number of aliphatic imine (C=N–C) groups is 2. The van der Waals surface area contributed by atoms with Crippen molar-refractivity contribution >= 4 is 24.0 Å². The van der Waals surface area contributed by atoms with Crippen molar-refractivity contribution in [3.63, 3.8) is 0 Å². The summed E-state index contributed by atoms with van der Waals surface area (Å²) in [7, 11) is 2.12. The van der Waals surface area contributed by atoms with Crippen molar-refractivity contribution < 1.29 is 8.78 Å². The van der Waals surface area contributed by atoms with Crippen LogP contribution in [-0.2, 0) is 0 Å². The Hall–Kier alpha value is -2.50. The molecule has 0 spiro atoms. The van der Waals surface area contributed by atoms with Crippen LogP contribution in [0.15, 0.2) is 67.8 Å². The van der Waals surface area contributed by atoms with Crippen LogP contribution in [0.25, 0.3) is 0 Å². The van der Waals surface area contributed by atoms with E-state index < -0.39 is 19.4 Å². The molecule has 5 nitrogen and oxygen atoms in total. The van der Waals surface area contributed by atoms with Crippen LogP contribution in [-0.4, -0.2) is 49.4 Å². The van der Waals surface area contributed by atoms with Gasteiger partial charge in [0.2, 0.25) is 0 Å². The van der Waals surface area contributed by atoms with Crippen LogP contribution in [0.1, 0.15) is 46.0 Å². The average molecular weight is 486 g/mol. The molecule has 0 aromatic carbocycles. The first-order chi connectivity index (χ1) is 16.5. The third-order valence-electron chi connectivity index (χ3n) is 6.19. The monoisotopic (exact) mass is 485 g/mol. The maximum absolute atomic E-state index is 12.7. The minimum atomic E-state index is -0.844. The highest BCUT2D eigenvalue weighted by molar-refractivity contribution is 8.01. The minimum absolute atomic E-state index is 0.395. The fraction of sp³-hybridized carbons (Fsp3) is 0.500. The average Bonchev–Trinajstić information content (AvgIpc) is 3.15. The molecular weight excluding hydrogens is 452 g/mol. The molecule has 34 heavy (non-hydrogen) atoms. The van der Waals surface area contributed by atoms with Gasteiger partial charge in [-0.1, -0.05) is 26.0 Å². The molecule has 182 valence electrons. The molecule has 0 atom stereocenters. The molecule has 1 N–H and O–H groups in total. The molecule has 3 rings (SSSR count). The summed E-state index contributed by atoms with van der Waals surface area (Å²) in [4.78, 5) is 11.9. The van der Waals surface area contributed by atoms with E-state index >= 15 is 0 Å². The van der Waals surface area contributed by atoms with Crippen LogP contribution in [0, 0.1) is 17.2 Å². The van der Waals surface area contributed by atoms with Gasteiger partial charge in [0.15, 0.2) is 5.84 Å². The highest BCUT2D eigenvalue weighted by atomic mass is 32.2. The lowest BCUT2D eigenvalue weighted by atomic mass is 9.89. The van der Waals surface area contributed by atoms with Gasteiger partial charge in [-0.05, 0) is 55.2 Å². The van der Waals surface area contributed by atoms with Gasteiger partial charge >= 0.3 is 0 Å². The fourth-order valence-corrected chi connectivity index (χ4v) is 4.49. The van der Waals surface area contributed by atoms with Crippen molar-refractivity contribution in [1.82, 2.24) is 9.62 Å². The van der Waals surface area contributed by atoms with E-state index in [1.807, 2.05) is 0 Å². The van der Waals surface area contributed by atoms with Crippen LogP contribution in [0.3, 0.4) is 0 Å². The van der Waals surface area contributed by atoms with E-state index in [9.17, 15) is 14.0 Å². The summed E-state index contributed by atoms with van der Waals surface area (Å²) in [6.45, 7) is 2.82. The molecule has 1 saturated carbocycles. The van der Waals surface area contributed by atoms with Gasteiger partial charge in [-0.3, -0.25) is 4.72 Å². The number of nitrogens with zero attached hydrogens (tertiary/aromatic N) is 4. The topological polar surface area (TPSA) is 63.8 Å². The number of allylic oxidation sites excluding steroid dienone is 6. The SMILES string of the molecule is CC(C)C1=CCC=C(/C(C#N)=C/C2=NC=C(SNC(CF)CF)CC=N2)C(N(C)C2CCC2)=C1. The van der Waals surface area contributed by atoms with Crippen molar-refractivity contribution in [1.29, 1.82) is 5.26 Å². The second-order valence-electron chi connectivity index (χ2n) is 8.93. The van der Waals surface area contributed by atoms with E-state index in [4.69, 9.17) is 0 Å². The summed E-state index contributed by atoms with van der Waals surface area (Å²) in [5.74, 6) is 0.819. The highest BCUT2D eigenvalue weighted by Gasteiger charge is 2.27. The molecular formula is C26H33F2N5S. The molecule has 0 aromatic heterocycles. The van der Waals surface area contributed by atoms with Crippen molar-refractivity contribution in [3.8, 4) is 6.07 Å². The predicted molar refractivity (Wildman–Crippen MR) is 138 cm³/mol. The third-order valence-corrected chi connectivity index (χ3v) is 7.18. The lowest BCUT2D eigenvalue weighted by molar-refractivity contribution is 0.204. The van der Waals surface area contributed by atoms with E-state index in [0.29, 0.717) is 29.8 Å². The third kappa shape index (κ3) is 6.77. The summed E-state index contributed by atoms with van der Waals surface area (Å²) in [5.41, 5.74) is 3.75. The normalized spacial score (nSPS) is 19.4. The minimum Gasteiger partial charge on any atom is -0.371 e. The number of nitrogens with one attached hydrogen (secondary N) is 1. The van der Waals surface area contributed by atoms with E-state index in [0.717, 1.165) is 47.4 Å². The lowest BCUT2D eigenvalue weighted by Crippen LogP contribution is -2.37. The van der Waals surface area contributed by atoms with Crippen molar-refractivity contribution in [2.75, 3.05) is 20.4 Å². The van der Waals surface area contributed by atoms with Gasteiger partial charge in [0.25, 0.3) is 0 Å². The van der Waals surface area contributed by atoms with Crippen LogP contribution in [0.4, 0.5) is 8.78 Å². The maximum atomic E-state index is 12.7. The first kappa shape index (κ1) is 26.1. The van der Waals surface area contributed by atoms with Gasteiger partial charge in [-0.15, -0.1) is 0 Å². The first-order valence-corrected chi connectivity index (χ1v) is 12.6. The van der Waals surface area contributed by atoms with Gasteiger partial charge in [-0.2, -0.15) is 5.26 Å². The zero-order chi connectivity index (χ0) is 24.5. The Morgan fingerprint density at radius 1 is 1.32 bits per heavy atom. The van der Waals surface area contributed by atoms with Crippen LogP contribution in [0.2, 0.25) is 0 Å². The number of halogens is 2. The standard InChI is InChI=1S/C26H33F2N5S/c1-18(2)19-6-4-9-24(25(12-19)33(3)22-7-5-8-22)20(16-29)13-26-30-11-10-23(17-31-26)34-32-21(14-27)15-28/h6,9,11-13,17-18,21-22,32H,4-5,7-8,10,14-15H2,1-3H3/b20-13+. The Kier molecular flexibility index (Phi) is 9.85. The van der Waals surface area contributed by atoms with Crippen LogP contribution >= 0.6 is 11.9 Å². The largest absolute Gasteiger partial charge is 0.371 e. The van der Waals surface area contributed by atoms with Gasteiger partial charge in [0, 0.05) is 54.2 Å². The number of hydrogen-bond donors (Lipinski definition) is 1. The zero-order valence-corrected chi connectivity index (χ0v) is 20.9. The number of nitriles is 1. The molecule has 0 saturated heterocycles. The molecule has 1 fully saturated rings. The smallest absolute Gasteiger partial charge is 0.152 e. The van der Waals surface area contributed by atoms with Crippen LogP contribution in [0.5, 0.6) is 0 Å². The molecule has 0 bridgehead atoms. The van der Waals surface area contributed by atoms with Gasteiger partial charge in [0.05, 0.1) is 17.7 Å². The number of amidine groups is 1. The molecule has 0 unspecified atom stereocenters. The van der Waals surface area contributed by atoms with Gasteiger partial charge < -0.3 is 4.90 Å². The Labute approximate surface area is 205 Å². The second kappa shape index (κ2) is 12.8. The fourth-order valence-electron chi connectivity index (χ4n) is 3.78. The van der Waals surface area contributed by atoms with E-state index in [1.54, 1.807) is 18.5 Å². The molecule has 8 heteroatoms. The van der Waals surface area contributed by atoms with Gasteiger partial charge in [-0.25, -0.2) is 18.8 Å². The predicted octanol–water partition coefficient (Wildman–Crippen LogP) is 5.98. The van der Waals surface area contributed by atoms with Crippen LogP contribution < -0.4 is 4.72 Å². The Bertz CT molecular complexity index is 989. The zero-order valence-electron chi connectivity index (χ0n) is 20.1. The first-order valence-electron chi connectivity index (χ1n) is 11.8. The summed E-state index contributed by atoms with van der Waals surface area (Å²) < 4.78 is 28.2. The summed E-state index contributed by atoms with van der Waals surface area (Å²) >= 11 is 1.16. The van der Waals surface area contributed by atoms with Crippen molar-refractivity contribution in [2.24, 2.45) is 15.9 Å². The molecule has 0 radical (unpaired) electrons. The van der Waals surface area contributed by atoms with E-state index in [-0.39, 0.29) is 0 Å². The Morgan fingerprint density at radius 2 is 2.09 bits per heavy atom. The Balaban J connectivity index is 1.87. The summed E-state index contributed by atoms with van der Waals surface area (Å²) in [5, 5.41) is 10.1. The summed E-state index contributed by atoms with van der Waals surface area (Å²) in [6.07, 6.45) is 16.4. The quantitative estimate of drug-likeness (QED) is 0.306. The molecule has 3 aliphatic rings. The van der Waals surface area contributed by atoms with E-state index in [1.165, 1.54) is 12.0 Å². The Morgan fingerprint density at radius 3 is 2.71 bits per heavy atom. The maximum Gasteiger partial charge on any atom is 0.152 e. The molecule has 0 aromatic rings. The number of hydrogen-bond acceptors (Lipinski definition) is 6.